The van der Waals surface area contributed by atoms with E-state index in [9.17, 15) is 0 Å². The molecule has 76 valence electrons. The molecule has 0 heteroatoms. The van der Waals surface area contributed by atoms with Gasteiger partial charge in [-0.2, -0.15) is 0 Å². The van der Waals surface area contributed by atoms with E-state index in [0.29, 0.717) is 5.41 Å². The van der Waals surface area contributed by atoms with Crippen molar-refractivity contribution in [3.05, 3.63) is 0 Å². The quantitative estimate of drug-likeness (QED) is 0.488. The summed E-state index contributed by atoms with van der Waals surface area (Å²) in [6, 6.07) is 0. The van der Waals surface area contributed by atoms with E-state index in [1.807, 2.05) is 27.7 Å². The fourth-order valence-corrected chi connectivity index (χ4v) is 1.50. The van der Waals surface area contributed by atoms with Crippen molar-refractivity contribution >= 4 is 0 Å². The Bertz CT molecular complexity index is 82.0. The Morgan fingerprint density at radius 3 is 1.50 bits per heavy atom. The second-order valence-electron chi connectivity index (χ2n) is 3.78. The first-order valence-corrected chi connectivity index (χ1v) is 5.63. The highest BCUT2D eigenvalue weighted by Gasteiger charge is 2.30. The van der Waals surface area contributed by atoms with Crippen LogP contribution in [0.2, 0.25) is 0 Å². The lowest BCUT2D eigenvalue weighted by molar-refractivity contribution is 0.281. The molecule has 1 unspecified atom stereocenters. The molecule has 0 nitrogen and oxygen atoms in total. The maximum absolute atomic E-state index is 2.38. The van der Waals surface area contributed by atoms with E-state index in [0.717, 1.165) is 5.92 Å². The highest BCUT2D eigenvalue weighted by atomic mass is 14.4. The van der Waals surface area contributed by atoms with Gasteiger partial charge in [0.2, 0.25) is 0 Å². The number of rotatable bonds is 0. The van der Waals surface area contributed by atoms with Crippen LogP contribution >= 0.6 is 0 Å². The molecule has 0 saturated heterocycles. The van der Waals surface area contributed by atoms with Gasteiger partial charge in [-0.15, -0.1) is 0 Å². The summed E-state index contributed by atoms with van der Waals surface area (Å²) < 4.78 is 0. The molecular weight excluding hydrogens is 144 g/mol. The number of hydrogen-bond donors (Lipinski definition) is 0. The lowest BCUT2D eigenvalue weighted by atomic mass is 9.83. The van der Waals surface area contributed by atoms with Crippen LogP contribution in [0.15, 0.2) is 0 Å². The lowest BCUT2D eigenvalue weighted by Crippen LogP contribution is -2.13. The highest BCUT2D eigenvalue weighted by Crippen LogP contribution is 2.41. The van der Waals surface area contributed by atoms with Crippen LogP contribution in [0.3, 0.4) is 0 Å². The van der Waals surface area contributed by atoms with Crippen molar-refractivity contribution in [1.82, 2.24) is 0 Å². The minimum atomic E-state index is 0.653. The van der Waals surface area contributed by atoms with Crippen LogP contribution in [-0.2, 0) is 0 Å². The molecular formula is C12H28. The molecule has 1 aliphatic carbocycles. The molecule has 0 amide bonds. The van der Waals surface area contributed by atoms with Crippen molar-refractivity contribution in [3.63, 3.8) is 0 Å². The van der Waals surface area contributed by atoms with Crippen LogP contribution in [0, 0.1) is 11.3 Å². The average Bonchev–Trinajstić information content (AvgIpc) is 2.38. The third-order valence-electron chi connectivity index (χ3n) is 2.79. The van der Waals surface area contributed by atoms with Crippen LogP contribution < -0.4 is 0 Å². The van der Waals surface area contributed by atoms with Crippen molar-refractivity contribution in [1.29, 1.82) is 0 Å². The fraction of sp³-hybridized carbons (Fsp3) is 1.00. The van der Waals surface area contributed by atoms with E-state index >= 15 is 0 Å². The fourth-order valence-electron chi connectivity index (χ4n) is 1.50. The Morgan fingerprint density at radius 2 is 1.42 bits per heavy atom. The van der Waals surface area contributed by atoms with E-state index in [-0.39, 0.29) is 0 Å². The summed E-state index contributed by atoms with van der Waals surface area (Å²) in [5.74, 6) is 0.961. The van der Waals surface area contributed by atoms with Gasteiger partial charge in [0.15, 0.2) is 0 Å². The Kier molecular flexibility index (Phi) is 9.24. The minimum Gasteiger partial charge on any atom is -0.0683 e. The molecule has 0 aromatic heterocycles. The third-order valence-corrected chi connectivity index (χ3v) is 2.79. The van der Waals surface area contributed by atoms with Crippen molar-refractivity contribution in [3.8, 4) is 0 Å². The van der Waals surface area contributed by atoms with E-state index < -0.39 is 0 Å². The Labute approximate surface area is 79.8 Å². The summed E-state index contributed by atoms with van der Waals surface area (Å²) in [5.41, 5.74) is 0.653. The topological polar surface area (TPSA) is 0 Å². The van der Waals surface area contributed by atoms with E-state index in [2.05, 4.69) is 20.8 Å². The van der Waals surface area contributed by atoms with Crippen LogP contribution in [0.1, 0.15) is 67.7 Å². The van der Waals surface area contributed by atoms with Crippen molar-refractivity contribution in [2.75, 3.05) is 0 Å². The third kappa shape index (κ3) is 4.79. The average molecular weight is 172 g/mol. The van der Waals surface area contributed by atoms with Gasteiger partial charge in [0, 0.05) is 0 Å². The molecule has 0 spiro atoms. The van der Waals surface area contributed by atoms with E-state index in [1.165, 1.54) is 19.3 Å². The molecule has 1 fully saturated rings. The molecule has 0 aromatic carbocycles. The summed E-state index contributed by atoms with van der Waals surface area (Å²) in [5, 5.41) is 0. The standard InChI is InChI=1S/C8H16.2C2H6/c1-7-5-4-6-8(7,2)3;2*1-2/h7H,4-6H2,1-3H3;2*1-2H3. The largest absolute Gasteiger partial charge is 0.0683 e. The SMILES string of the molecule is CC.CC.CC1CCCC1(C)C. The Balaban J connectivity index is 0. The Morgan fingerprint density at radius 1 is 1.00 bits per heavy atom. The molecule has 0 bridgehead atoms. The molecule has 1 saturated carbocycles. The zero-order valence-corrected chi connectivity index (χ0v) is 10.2. The summed E-state index contributed by atoms with van der Waals surface area (Å²) in [6.07, 6.45) is 4.34. The summed E-state index contributed by atoms with van der Waals surface area (Å²) in [6.45, 7) is 15.1. The van der Waals surface area contributed by atoms with Gasteiger partial charge in [0.05, 0.1) is 0 Å². The smallest absolute Gasteiger partial charge is 0.0329 e. The van der Waals surface area contributed by atoms with Crippen LogP contribution in [0.25, 0.3) is 0 Å². The monoisotopic (exact) mass is 172 g/mol. The van der Waals surface area contributed by atoms with Gasteiger partial charge < -0.3 is 0 Å². The Hall–Kier alpha value is 0. The first kappa shape index (κ1) is 14.5. The van der Waals surface area contributed by atoms with Gasteiger partial charge in [0.1, 0.15) is 0 Å². The molecule has 1 rings (SSSR count). The number of hydrogen-bond acceptors (Lipinski definition) is 0. The van der Waals surface area contributed by atoms with Crippen molar-refractivity contribution in [2.45, 2.75) is 67.7 Å². The maximum atomic E-state index is 2.38. The molecule has 0 aromatic rings. The second-order valence-corrected chi connectivity index (χ2v) is 3.78. The van der Waals surface area contributed by atoms with Gasteiger partial charge in [-0.05, 0) is 17.8 Å². The molecule has 0 N–H and O–H groups in total. The zero-order chi connectivity index (χ0) is 10.2. The summed E-state index contributed by atoms with van der Waals surface area (Å²) in [7, 11) is 0. The van der Waals surface area contributed by atoms with E-state index in [1.54, 1.807) is 0 Å². The van der Waals surface area contributed by atoms with Gasteiger partial charge >= 0.3 is 0 Å². The zero-order valence-electron chi connectivity index (χ0n) is 10.2. The molecule has 0 aliphatic heterocycles. The molecule has 1 atom stereocenters. The van der Waals surface area contributed by atoms with Gasteiger partial charge in [0.25, 0.3) is 0 Å². The van der Waals surface area contributed by atoms with E-state index in [4.69, 9.17) is 0 Å². The van der Waals surface area contributed by atoms with Crippen molar-refractivity contribution in [2.24, 2.45) is 11.3 Å². The van der Waals surface area contributed by atoms with Crippen molar-refractivity contribution < 1.29 is 0 Å². The van der Waals surface area contributed by atoms with Gasteiger partial charge in [-0.1, -0.05) is 61.3 Å². The molecule has 0 radical (unpaired) electrons. The predicted octanol–water partition coefficient (Wildman–Crippen LogP) is 4.89. The van der Waals surface area contributed by atoms with Gasteiger partial charge in [-0.3, -0.25) is 0 Å². The molecule has 0 heterocycles. The molecule has 1 aliphatic rings. The minimum absolute atomic E-state index is 0.653. The van der Waals surface area contributed by atoms with Crippen LogP contribution in [0.5, 0.6) is 0 Å². The van der Waals surface area contributed by atoms with Crippen LogP contribution in [-0.4, -0.2) is 0 Å². The van der Waals surface area contributed by atoms with Gasteiger partial charge in [-0.25, -0.2) is 0 Å². The summed E-state index contributed by atoms with van der Waals surface area (Å²) >= 11 is 0. The highest BCUT2D eigenvalue weighted by molar-refractivity contribution is 4.81. The maximum Gasteiger partial charge on any atom is -0.0329 e. The first-order chi connectivity index (χ1) is 5.63. The normalized spacial score (nSPS) is 24.8. The molecule has 12 heavy (non-hydrogen) atoms. The summed E-state index contributed by atoms with van der Waals surface area (Å²) in [4.78, 5) is 0. The lowest BCUT2D eigenvalue weighted by Gasteiger charge is -2.22. The van der Waals surface area contributed by atoms with Crippen LogP contribution in [0.4, 0.5) is 0 Å². The predicted molar refractivity (Wildman–Crippen MR) is 59.5 cm³/mol. The second kappa shape index (κ2) is 7.64. The first-order valence-electron chi connectivity index (χ1n) is 5.63.